The van der Waals surface area contributed by atoms with Gasteiger partial charge in [-0.05, 0) is 13.8 Å². The van der Waals surface area contributed by atoms with Gasteiger partial charge in [-0.25, -0.2) is 0 Å². The zero-order valence-electron chi connectivity index (χ0n) is 7.66. The molecule has 0 amide bonds. The first-order chi connectivity index (χ1) is 5.91. The van der Waals surface area contributed by atoms with Crippen LogP contribution in [0.1, 0.15) is 13.8 Å². The Morgan fingerprint density at radius 3 is 1.23 bits per heavy atom. The molecular formula is C6H14Cl4O2Ti. The molecular weight excluding hydrogens is 294 g/mol. The van der Waals surface area contributed by atoms with Gasteiger partial charge in [0.25, 0.3) is 0 Å². The molecule has 0 fully saturated rings. The maximum absolute atomic E-state index is 5.01. The average Bonchev–Trinajstić information content (AvgIpc) is 1.95. The van der Waals surface area contributed by atoms with Gasteiger partial charge in [0.1, 0.15) is 0 Å². The Labute approximate surface area is 98.6 Å². The van der Waals surface area contributed by atoms with Crippen molar-refractivity contribution in [3.05, 3.63) is 0 Å². The third-order valence-electron chi connectivity index (χ3n) is 0.780. The molecule has 0 rings (SSSR count). The Morgan fingerprint density at radius 2 is 1.08 bits per heavy atom. The molecule has 0 bridgehead atoms. The second-order valence-corrected chi connectivity index (χ2v) is 17.3. The summed E-state index contributed by atoms with van der Waals surface area (Å²) in [4.78, 5) is 0. The predicted octanol–water partition coefficient (Wildman–Crippen LogP) is 3.81. The zero-order chi connectivity index (χ0) is 10.7. The van der Waals surface area contributed by atoms with Crippen molar-refractivity contribution in [2.45, 2.75) is 13.8 Å². The van der Waals surface area contributed by atoms with E-state index in [1.807, 2.05) is 13.8 Å². The van der Waals surface area contributed by atoms with Gasteiger partial charge in [0.05, 0.1) is 13.2 Å². The fourth-order valence-electron chi connectivity index (χ4n) is 0.407. The van der Waals surface area contributed by atoms with Gasteiger partial charge < -0.3 is 9.47 Å². The van der Waals surface area contributed by atoms with Crippen LogP contribution in [0.3, 0.4) is 0 Å². The van der Waals surface area contributed by atoms with Crippen LogP contribution in [0.4, 0.5) is 0 Å². The summed E-state index contributed by atoms with van der Waals surface area (Å²) in [6.45, 7) is 6.98. The van der Waals surface area contributed by atoms with E-state index in [9.17, 15) is 0 Å². The molecule has 13 heavy (non-hydrogen) atoms. The molecule has 0 N–H and O–H groups in total. The van der Waals surface area contributed by atoms with E-state index >= 15 is 0 Å². The van der Waals surface area contributed by atoms with E-state index in [1.165, 1.54) is 0 Å². The summed E-state index contributed by atoms with van der Waals surface area (Å²) in [5.74, 6) is 0. The van der Waals surface area contributed by atoms with Crippen LogP contribution in [-0.4, -0.2) is 26.4 Å². The second kappa shape index (κ2) is 11.9. The number of hydrogen-bond acceptors (Lipinski definition) is 2. The third kappa shape index (κ3) is 41.6. The molecule has 0 aliphatic heterocycles. The first kappa shape index (κ1) is 17.2. The van der Waals surface area contributed by atoms with Crippen molar-refractivity contribution in [2.24, 2.45) is 0 Å². The number of ether oxygens (including phenoxy) is 2. The minimum atomic E-state index is -3.11. The summed E-state index contributed by atoms with van der Waals surface area (Å²) in [6.07, 6.45) is 0. The van der Waals surface area contributed by atoms with E-state index in [2.05, 4.69) is 0 Å². The second-order valence-electron chi connectivity index (χ2n) is 1.82. The average molecular weight is 308 g/mol. The molecule has 0 aliphatic carbocycles. The van der Waals surface area contributed by atoms with Crippen LogP contribution < -0.4 is 0 Å². The Hall–Kier alpha value is 1.79. The zero-order valence-corrected chi connectivity index (χ0v) is 12.2. The van der Waals surface area contributed by atoms with Gasteiger partial charge in [0, 0.05) is 13.2 Å². The van der Waals surface area contributed by atoms with Crippen LogP contribution in [-0.2, 0) is 21.8 Å². The molecule has 0 aromatic rings. The van der Waals surface area contributed by atoms with Gasteiger partial charge in [0.15, 0.2) is 0 Å². The number of halogens is 4. The molecule has 0 saturated carbocycles. The summed E-state index contributed by atoms with van der Waals surface area (Å²) >= 11 is -3.11. The summed E-state index contributed by atoms with van der Waals surface area (Å²) in [7, 11) is 20.1. The van der Waals surface area contributed by atoms with Gasteiger partial charge in [-0.15, -0.1) is 0 Å². The third-order valence-corrected chi connectivity index (χ3v) is 0.780. The molecule has 0 unspecified atom stereocenters. The monoisotopic (exact) mass is 306 g/mol. The van der Waals surface area contributed by atoms with Crippen LogP contribution in [0.2, 0.25) is 0 Å². The minimum absolute atomic E-state index is 0.727. The number of hydrogen-bond donors (Lipinski definition) is 0. The first-order valence-corrected chi connectivity index (χ1v) is 12.4. The molecule has 0 radical (unpaired) electrons. The quantitative estimate of drug-likeness (QED) is 0.568. The van der Waals surface area contributed by atoms with Crippen LogP contribution in [0.15, 0.2) is 0 Å². The van der Waals surface area contributed by atoms with E-state index in [1.54, 1.807) is 0 Å². The van der Waals surface area contributed by atoms with Gasteiger partial charge in [-0.2, -0.15) is 0 Å². The molecule has 0 heterocycles. The normalized spacial score (nSPS) is 10.6. The molecule has 2 nitrogen and oxygen atoms in total. The fraction of sp³-hybridized carbons (Fsp3) is 1.00. The van der Waals surface area contributed by atoms with E-state index in [-0.39, 0.29) is 0 Å². The van der Waals surface area contributed by atoms with Gasteiger partial charge in [0.2, 0.25) is 0 Å². The maximum atomic E-state index is 5.01. The van der Waals surface area contributed by atoms with Gasteiger partial charge in [-0.1, -0.05) is 0 Å². The van der Waals surface area contributed by atoms with Crippen LogP contribution in [0.25, 0.3) is 0 Å². The van der Waals surface area contributed by atoms with Crippen molar-refractivity contribution >= 4 is 37.2 Å². The SMILES string of the molecule is CCOCCOCC.[Cl][Ti]([Cl])([Cl])[Cl]. The summed E-state index contributed by atoms with van der Waals surface area (Å²) in [6, 6.07) is 0. The molecule has 0 aliphatic rings. The summed E-state index contributed by atoms with van der Waals surface area (Å²) < 4.78 is 10.0. The van der Waals surface area contributed by atoms with Crippen molar-refractivity contribution in [1.29, 1.82) is 0 Å². The Kier molecular flexibility index (Phi) is 15.7. The van der Waals surface area contributed by atoms with Crippen molar-refractivity contribution < 1.29 is 21.8 Å². The molecule has 7 heteroatoms. The molecule has 0 aromatic heterocycles. The fourth-order valence-corrected chi connectivity index (χ4v) is 0.407. The molecule has 82 valence electrons. The molecule has 0 atom stereocenters. The van der Waals surface area contributed by atoms with E-state index in [4.69, 9.17) is 46.7 Å². The summed E-state index contributed by atoms with van der Waals surface area (Å²) in [5, 5.41) is 0. The van der Waals surface area contributed by atoms with E-state index in [0.29, 0.717) is 0 Å². The Bertz CT molecular complexity index is 87.1. The van der Waals surface area contributed by atoms with Crippen LogP contribution in [0, 0.1) is 0 Å². The number of rotatable bonds is 5. The topological polar surface area (TPSA) is 18.5 Å². The van der Waals surface area contributed by atoms with Gasteiger partial charge in [-0.3, -0.25) is 0 Å². The van der Waals surface area contributed by atoms with Crippen molar-refractivity contribution in [2.75, 3.05) is 26.4 Å². The van der Waals surface area contributed by atoms with E-state index < -0.39 is 12.3 Å². The predicted molar refractivity (Wildman–Crippen MR) is 56.4 cm³/mol. The van der Waals surface area contributed by atoms with Crippen molar-refractivity contribution in [3.63, 3.8) is 0 Å². The van der Waals surface area contributed by atoms with E-state index in [0.717, 1.165) is 26.4 Å². The van der Waals surface area contributed by atoms with Crippen molar-refractivity contribution in [1.82, 2.24) is 0 Å². The van der Waals surface area contributed by atoms with Crippen LogP contribution >= 0.6 is 37.2 Å². The van der Waals surface area contributed by atoms with Crippen LogP contribution in [0.5, 0.6) is 0 Å². The standard InChI is InChI=1S/C6H14O2.4ClH.Ti/c1-3-7-5-6-8-4-2;;;;;/h3-6H2,1-2H3;4*1H;/q;;;;;+4/p-4. The first-order valence-electron chi connectivity index (χ1n) is 3.82. The molecule has 0 spiro atoms. The Morgan fingerprint density at radius 1 is 0.846 bits per heavy atom. The van der Waals surface area contributed by atoms with Gasteiger partial charge >= 0.3 is 49.6 Å². The molecule has 0 saturated heterocycles. The van der Waals surface area contributed by atoms with Crippen molar-refractivity contribution in [3.8, 4) is 0 Å². The Balaban J connectivity index is 0. The molecule has 0 aromatic carbocycles. The summed E-state index contributed by atoms with van der Waals surface area (Å²) in [5.41, 5.74) is 0.